The molecule has 1 aromatic heterocycles. The van der Waals surface area contributed by atoms with Crippen LogP contribution in [0, 0.1) is 12.8 Å². The molecular formula is C28H46ClNS. The van der Waals surface area contributed by atoms with Crippen LogP contribution in [0.2, 0.25) is 0 Å². The zero-order chi connectivity index (χ0) is 24.4. The molecule has 2 aromatic rings. The van der Waals surface area contributed by atoms with Crippen molar-refractivity contribution in [3.63, 3.8) is 0 Å². The summed E-state index contributed by atoms with van der Waals surface area (Å²) in [5.41, 5.74) is 6.62. The van der Waals surface area contributed by atoms with E-state index in [4.69, 9.17) is 11.6 Å². The number of aromatic nitrogens is 1. The lowest BCUT2D eigenvalue weighted by molar-refractivity contribution is 0.611. The minimum Gasteiger partial charge on any atom is -0.347 e. The van der Waals surface area contributed by atoms with Crippen LogP contribution in [0.5, 0.6) is 0 Å². The van der Waals surface area contributed by atoms with Gasteiger partial charge in [-0.25, -0.2) is 0 Å². The predicted molar refractivity (Wildman–Crippen MR) is 147 cm³/mol. The maximum atomic E-state index is 5.24. The molecule has 1 nitrogen and oxygen atoms in total. The van der Waals surface area contributed by atoms with Crippen molar-refractivity contribution in [1.82, 2.24) is 4.57 Å². The molecule has 0 unspecified atom stereocenters. The maximum absolute atomic E-state index is 5.24. The zero-order valence-corrected chi connectivity index (χ0v) is 23.5. The van der Waals surface area contributed by atoms with E-state index in [0.717, 1.165) is 12.0 Å². The SMILES string of the molecule is C=C(C)CCl.CCC=C(C)C.Cc1ccc2c(c1)c(SC(C)(C)C)c(CC(C)C)n2C. The van der Waals surface area contributed by atoms with E-state index in [1.807, 2.05) is 18.7 Å². The molecule has 0 saturated carbocycles. The van der Waals surface area contributed by atoms with Crippen LogP contribution in [0.1, 0.15) is 80.0 Å². The van der Waals surface area contributed by atoms with Gasteiger partial charge in [0.2, 0.25) is 0 Å². The second-order valence-electron chi connectivity index (χ2n) is 9.95. The number of thioether (sulfide) groups is 1. The number of rotatable bonds is 5. The number of alkyl halides is 1. The largest absolute Gasteiger partial charge is 0.347 e. The predicted octanol–water partition coefficient (Wildman–Crippen LogP) is 9.74. The highest BCUT2D eigenvalue weighted by molar-refractivity contribution is 8.00. The van der Waals surface area contributed by atoms with E-state index in [2.05, 4.69) is 105 Å². The monoisotopic (exact) mass is 463 g/mol. The molecule has 1 heterocycles. The summed E-state index contributed by atoms with van der Waals surface area (Å²) in [6, 6.07) is 6.82. The fraction of sp³-hybridized carbons (Fsp3) is 0.571. The zero-order valence-electron chi connectivity index (χ0n) is 21.9. The molecule has 0 amide bonds. The second-order valence-corrected chi connectivity index (χ2v) is 12.1. The van der Waals surface area contributed by atoms with Crippen LogP contribution >= 0.6 is 23.4 Å². The van der Waals surface area contributed by atoms with Crippen molar-refractivity contribution in [1.29, 1.82) is 0 Å². The number of fused-ring (bicyclic) bond motifs is 1. The van der Waals surface area contributed by atoms with Gasteiger partial charge in [0, 0.05) is 39.2 Å². The number of benzene rings is 1. The highest BCUT2D eigenvalue weighted by atomic mass is 35.5. The Hall–Kier alpha value is -1.12. The maximum Gasteiger partial charge on any atom is 0.0491 e. The minimum absolute atomic E-state index is 0.240. The summed E-state index contributed by atoms with van der Waals surface area (Å²) < 4.78 is 2.63. The normalized spacial score (nSPS) is 10.9. The lowest BCUT2D eigenvalue weighted by atomic mass is 10.1. The number of nitrogens with zero attached hydrogens (tertiary/aromatic N) is 1. The van der Waals surface area contributed by atoms with Crippen molar-refractivity contribution in [3.05, 3.63) is 53.3 Å². The first-order valence-electron chi connectivity index (χ1n) is 11.3. The van der Waals surface area contributed by atoms with E-state index in [-0.39, 0.29) is 4.75 Å². The Balaban J connectivity index is 0.000000679. The summed E-state index contributed by atoms with van der Waals surface area (Å²) in [4.78, 5) is 1.48. The van der Waals surface area contributed by atoms with E-state index >= 15 is 0 Å². The first-order valence-corrected chi connectivity index (χ1v) is 12.7. The summed E-state index contributed by atoms with van der Waals surface area (Å²) in [7, 11) is 2.21. The molecule has 0 atom stereocenters. The van der Waals surface area contributed by atoms with E-state index in [1.54, 1.807) is 0 Å². The van der Waals surface area contributed by atoms with Gasteiger partial charge in [-0.05, 0) is 58.6 Å². The Morgan fingerprint density at radius 3 is 2.10 bits per heavy atom. The Morgan fingerprint density at radius 2 is 1.74 bits per heavy atom. The molecule has 31 heavy (non-hydrogen) atoms. The molecule has 0 N–H and O–H groups in total. The van der Waals surface area contributed by atoms with Crippen molar-refractivity contribution in [2.75, 3.05) is 5.88 Å². The average Bonchev–Trinajstić information content (AvgIpc) is 2.86. The Labute approximate surface area is 202 Å². The third kappa shape index (κ3) is 11.9. The van der Waals surface area contributed by atoms with E-state index in [9.17, 15) is 0 Å². The lowest BCUT2D eigenvalue weighted by Gasteiger charge is -2.19. The standard InChI is InChI=1S/C18H27NS.C6H12.C4H7Cl/c1-12(2)10-16-17(20-18(4,5)6)14-11-13(3)8-9-15(14)19(16)7;1-4-5-6(2)3;1-4(2)3-5/h8-9,11-12H,10H2,1-7H3;5H,4H2,1-3H3;1,3H2,2H3. The first kappa shape index (κ1) is 29.9. The van der Waals surface area contributed by atoms with Gasteiger partial charge >= 0.3 is 0 Å². The van der Waals surface area contributed by atoms with Crippen LogP contribution in [-0.4, -0.2) is 15.2 Å². The van der Waals surface area contributed by atoms with Gasteiger partial charge < -0.3 is 4.57 Å². The highest BCUT2D eigenvalue weighted by Gasteiger charge is 2.21. The number of halogens is 1. The van der Waals surface area contributed by atoms with E-state index in [0.29, 0.717) is 11.8 Å². The molecule has 0 fully saturated rings. The molecule has 0 aliphatic heterocycles. The number of aryl methyl sites for hydroxylation is 2. The average molecular weight is 464 g/mol. The van der Waals surface area contributed by atoms with Gasteiger partial charge in [0.05, 0.1) is 0 Å². The summed E-state index contributed by atoms with van der Waals surface area (Å²) in [6.45, 7) is 25.5. The number of hydrogen-bond acceptors (Lipinski definition) is 1. The smallest absolute Gasteiger partial charge is 0.0491 e. The summed E-state index contributed by atoms with van der Waals surface area (Å²) >= 11 is 7.24. The topological polar surface area (TPSA) is 4.93 Å². The number of hydrogen-bond donors (Lipinski definition) is 0. The van der Waals surface area contributed by atoms with Crippen LogP contribution in [0.4, 0.5) is 0 Å². The molecule has 0 aliphatic carbocycles. The van der Waals surface area contributed by atoms with Crippen molar-refractivity contribution < 1.29 is 0 Å². The summed E-state index contributed by atoms with van der Waals surface area (Å²) in [5.74, 6) is 1.26. The van der Waals surface area contributed by atoms with Gasteiger partial charge in [-0.15, -0.1) is 23.4 Å². The van der Waals surface area contributed by atoms with Crippen molar-refractivity contribution in [3.8, 4) is 0 Å². The van der Waals surface area contributed by atoms with Crippen molar-refractivity contribution in [2.24, 2.45) is 13.0 Å². The Kier molecular flexibility index (Phi) is 13.6. The van der Waals surface area contributed by atoms with Gasteiger partial charge in [-0.1, -0.05) is 77.0 Å². The lowest BCUT2D eigenvalue weighted by Crippen LogP contribution is -2.09. The van der Waals surface area contributed by atoms with E-state index in [1.165, 1.54) is 39.0 Å². The fourth-order valence-corrected chi connectivity index (χ4v) is 4.25. The molecule has 0 spiro atoms. The van der Waals surface area contributed by atoms with Gasteiger partial charge in [0.25, 0.3) is 0 Å². The van der Waals surface area contributed by atoms with Gasteiger partial charge in [-0.3, -0.25) is 0 Å². The van der Waals surface area contributed by atoms with Crippen LogP contribution in [0.3, 0.4) is 0 Å². The van der Waals surface area contributed by atoms with Crippen molar-refractivity contribution in [2.45, 2.75) is 91.7 Å². The van der Waals surface area contributed by atoms with Gasteiger partial charge in [0.15, 0.2) is 0 Å². The first-order chi connectivity index (χ1) is 14.2. The number of allylic oxidation sites excluding steroid dienone is 3. The quantitative estimate of drug-likeness (QED) is 0.242. The van der Waals surface area contributed by atoms with Crippen LogP contribution in [0.25, 0.3) is 10.9 Å². The summed E-state index contributed by atoms with van der Waals surface area (Å²) in [6.07, 6.45) is 4.52. The minimum atomic E-state index is 0.240. The Morgan fingerprint density at radius 1 is 1.19 bits per heavy atom. The molecule has 0 saturated heterocycles. The molecule has 1 aromatic carbocycles. The molecule has 3 heteroatoms. The molecule has 176 valence electrons. The molecule has 0 bridgehead atoms. The highest BCUT2D eigenvalue weighted by Crippen LogP contribution is 2.41. The third-order valence-corrected chi connectivity index (χ3v) is 6.00. The van der Waals surface area contributed by atoms with E-state index < -0.39 is 0 Å². The molecule has 0 aliphatic rings. The molecular weight excluding hydrogens is 418 g/mol. The fourth-order valence-electron chi connectivity index (χ4n) is 3.02. The van der Waals surface area contributed by atoms with Gasteiger partial charge in [-0.2, -0.15) is 0 Å². The Bertz CT molecular complexity index is 846. The van der Waals surface area contributed by atoms with Gasteiger partial charge in [0.1, 0.15) is 0 Å². The summed E-state index contributed by atoms with van der Waals surface area (Å²) in [5, 5.41) is 1.42. The van der Waals surface area contributed by atoms with Crippen LogP contribution < -0.4 is 0 Å². The van der Waals surface area contributed by atoms with Crippen LogP contribution in [-0.2, 0) is 13.5 Å². The molecule has 2 rings (SSSR count). The third-order valence-electron chi connectivity index (χ3n) is 4.28. The van der Waals surface area contributed by atoms with Crippen molar-refractivity contribution >= 4 is 34.3 Å². The second kappa shape index (κ2) is 14.1. The molecule has 0 radical (unpaired) electrons. The van der Waals surface area contributed by atoms with Crippen LogP contribution in [0.15, 0.2) is 46.9 Å².